The van der Waals surface area contributed by atoms with Gasteiger partial charge in [-0.25, -0.2) is 18.7 Å². The van der Waals surface area contributed by atoms with Gasteiger partial charge in [0.15, 0.2) is 0 Å². The van der Waals surface area contributed by atoms with Crippen LogP contribution in [0.5, 0.6) is 0 Å². The number of pyridine rings is 1. The summed E-state index contributed by atoms with van der Waals surface area (Å²) in [4.78, 5) is 20.5. The Morgan fingerprint density at radius 1 is 1.25 bits per heavy atom. The number of rotatable bonds is 5. The molecule has 0 spiro atoms. The zero-order valence-electron chi connectivity index (χ0n) is 16.8. The van der Waals surface area contributed by atoms with Crippen LogP contribution in [-0.4, -0.2) is 21.0 Å². The molecule has 4 rings (SSSR count). The predicted molar refractivity (Wildman–Crippen MR) is 108 cm³/mol. The number of nitrogens with one attached hydrogen (secondary N) is 1. The smallest absolute Gasteiger partial charge is 0.352 e. The summed E-state index contributed by atoms with van der Waals surface area (Å²) in [5.74, 6) is 2.53. The van der Waals surface area contributed by atoms with Gasteiger partial charge in [0.2, 0.25) is 0 Å². The van der Waals surface area contributed by atoms with E-state index < -0.39 is 35.3 Å². The minimum absolute atomic E-state index is 0.0413. The number of fused-ring (bicyclic) bond motifs is 1. The van der Waals surface area contributed by atoms with Gasteiger partial charge < -0.3 is 9.88 Å². The molecule has 1 N–H and O–H groups in total. The fourth-order valence-corrected chi connectivity index (χ4v) is 3.81. The predicted octanol–water partition coefficient (Wildman–Crippen LogP) is 4.66. The molecule has 0 amide bonds. The molecule has 0 bridgehead atoms. The van der Waals surface area contributed by atoms with Gasteiger partial charge in [0.05, 0.1) is 16.5 Å². The maximum absolute atomic E-state index is 13.6. The van der Waals surface area contributed by atoms with E-state index in [0.717, 1.165) is 23.0 Å². The van der Waals surface area contributed by atoms with Crippen molar-refractivity contribution in [1.29, 1.82) is 0 Å². The summed E-state index contributed by atoms with van der Waals surface area (Å²) >= 11 is 0. The molecule has 5 nitrogen and oxygen atoms in total. The van der Waals surface area contributed by atoms with Crippen LogP contribution < -0.4 is 10.9 Å². The highest BCUT2D eigenvalue weighted by atomic mass is 19.4. The van der Waals surface area contributed by atoms with E-state index in [1.165, 1.54) is 25.3 Å². The van der Waals surface area contributed by atoms with E-state index >= 15 is 0 Å². The third-order valence-electron chi connectivity index (χ3n) is 5.76. The Balaban J connectivity index is 1.79. The van der Waals surface area contributed by atoms with Crippen LogP contribution in [0, 0.1) is 19.3 Å². The van der Waals surface area contributed by atoms with Gasteiger partial charge in [0, 0.05) is 12.3 Å². The van der Waals surface area contributed by atoms with Crippen LogP contribution in [0.25, 0.3) is 10.9 Å². The van der Waals surface area contributed by atoms with Crippen LogP contribution >= 0.6 is 0 Å². The first kappa shape index (κ1) is 21.7. The van der Waals surface area contributed by atoms with Crippen molar-refractivity contribution in [3.05, 3.63) is 63.8 Å². The molecular formula is C22H17F5N4O. The molecule has 32 heavy (non-hydrogen) atoms. The van der Waals surface area contributed by atoms with Gasteiger partial charge in [0.25, 0.3) is 12.0 Å². The lowest BCUT2D eigenvalue weighted by Gasteiger charge is -2.21. The Bertz CT molecular complexity index is 1290. The van der Waals surface area contributed by atoms with Crippen molar-refractivity contribution in [2.75, 3.05) is 5.32 Å². The number of terminal acetylenes is 1. The Morgan fingerprint density at radius 2 is 1.97 bits per heavy atom. The molecule has 3 aromatic rings. The molecule has 166 valence electrons. The number of nitrogens with zero attached hydrogens (tertiary/aromatic N) is 3. The lowest BCUT2D eigenvalue weighted by atomic mass is 9.96. The minimum Gasteiger partial charge on any atom is -0.352 e. The fourth-order valence-electron chi connectivity index (χ4n) is 3.81. The molecule has 1 atom stereocenters. The Labute approximate surface area is 179 Å². The summed E-state index contributed by atoms with van der Waals surface area (Å²) in [5, 5.41) is 3.15. The quantitative estimate of drug-likeness (QED) is 0.456. The number of aromatic nitrogens is 3. The van der Waals surface area contributed by atoms with Gasteiger partial charge in [-0.2, -0.15) is 13.2 Å². The Morgan fingerprint density at radius 3 is 2.56 bits per heavy atom. The van der Waals surface area contributed by atoms with E-state index in [0.29, 0.717) is 0 Å². The summed E-state index contributed by atoms with van der Waals surface area (Å²) in [6, 6.07) is 3.82. The monoisotopic (exact) mass is 448 g/mol. The Kier molecular flexibility index (Phi) is 5.15. The normalized spacial score (nSPS) is 16.1. The lowest BCUT2D eigenvalue weighted by molar-refractivity contribution is -0.138. The van der Waals surface area contributed by atoms with Crippen LogP contribution in [0.4, 0.5) is 27.8 Å². The van der Waals surface area contributed by atoms with Gasteiger partial charge in [0.1, 0.15) is 23.7 Å². The third-order valence-corrected chi connectivity index (χ3v) is 5.76. The van der Waals surface area contributed by atoms with Crippen molar-refractivity contribution in [3.63, 3.8) is 0 Å². The zero-order valence-corrected chi connectivity index (χ0v) is 16.8. The topological polar surface area (TPSA) is 59.8 Å². The average Bonchev–Trinajstić information content (AvgIpc) is 3.53. The second-order valence-electron chi connectivity index (χ2n) is 7.67. The molecule has 1 aliphatic rings. The highest BCUT2D eigenvalue weighted by Gasteiger charge is 2.53. The number of hydrogen-bond donors (Lipinski definition) is 1. The van der Waals surface area contributed by atoms with Crippen molar-refractivity contribution >= 4 is 16.7 Å². The van der Waals surface area contributed by atoms with Gasteiger partial charge in [-0.15, -0.1) is 6.42 Å². The van der Waals surface area contributed by atoms with Gasteiger partial charge in [-0.1, -0.05) is 18.1 Å². The molecule has 0 radical (unpaired) electrons. The molecule has 0 aliphatic heterocycles. The van der Waals surface area contributed by atoms with Crippen LogP contribution in [-0.2, 0) is 11.7 Å². The van der Waals surface area contributed by atoms with Crippen molar-refractivity contribution < 1.29 is 22.0 Å². The number of hydrogen-bond acceptors (Lipinski definition) is 4. The molecule has 1 saturated carbocycles. The Hall–Kier alpha value is -3.48. The van der Waals surface area contributed by atoms with E-state index in [4.69, 9.17) is 6.42 Å². The third kappa shape index (κ3) is 3.57. The van der Waals surface area contributed by atoms with Crippen molar-refractivity contribution in [1.82, 2.24) is 14.5 Å². The number of halogens is 5. The minimum atomic E-state index is -4.55. The lowest BCUT2D eigenvalue weighted by Crippen LogP contribution is -2.35. The second kappa shape index (κ2) is 7.58. The summed E-state index contributed by atoms with van der Waals surface area (Å²) in [6.07, 6.45) is 1.04. The average molecular weight is 448 g/mol. The molecule has 2 heterocycles. The fraction of sp³-hybridized carbons (Fsp3) is 0.318. The first-order valence-corrected chi connectivity index (χ1v) is 9.64. The molecule has 1 aromatic carbocycles. The van der Waals surface area contributed by atoms with E-state index in [2.05, 4.69) is 21.2 Å². The summed E-state index contributed by atoms with van der Waals surface area (Å²) in [5.41, 5.74) is -2.63. The van der Waals surface area contributed by atoms with Crippen molar-refractivity contribution in [2.24, 2.45) is 0 Å². The van der Waals surface area contributed by atoms with Crippen LogP contribution in [0.2, 0.25) is 0 Å². The standard InChI is InChI=1S/C22H17F5N4O/c1-3-16(13-5-4-6-15(12(13)2)22(25,26)27)30-19-14-10-31(21(7-8-21)20(23)24)18(32)9-17(14)28-11-29-19/h1,4-6,9-11,16,20H,7-8H2,2H3,(H,28,29,30)/t16-/m1/s1. The van der Waals surface area contributed by atoms with E-state index in [9.17, 15) is 26.7 Å². The SMILES string of the molecule is C#C[C@@H](Nc1ncnc2cc(=O)n(C3(C(F)F)CC3)cc12)c1cccc(C(F)(F)F)c1C. The van der Waals surface area contributed by atoms with Crippen molar-refractivity contribution in [3.8, 4) is 12.3 Å². The maximum Gasteiger partial charge on any atom is 0.416 e. The van der Waals surface area contributed by atoms with Gasteiger partial charge >= 0.3 is 6.18 Å². The van der Waals surface area contributed by atoms with E-state index in [1.54, 1.807) is 0 Å². The summed E-state index contributed by atoms with van der Waals surface area (Å²) in [6.45, 7) is 1.32. The molecule has 0 unspecified atom stereocenters. The summed E-state index contributed by atoms with van der Waals surface area (Å²) < 4.78 is 68.1. The molecule has 1 aliphatic carbocycles. The number of anilines is 1. The second-order valence-corrected chi connectivity index (χ2v) is 7.67. The largest absolute Gasteiger partial charge is 0.416 e. The molecular weight excluding hydrogens is 431 g/mol. The van der Waals surface area contributed by atoms with Gasteiger partial charge in [-0.3, -0.25) is 4.79 Å². The molecule has 2 aromatic heterocycles. The zero-order chi connectivity index (χ0) is 23.3. The maximum atomic E-state index is 13.6. The number of alkyl halides is 5. The molecule has 1 fully saturated rings. The van der Waals surface area contributed by atoms with E-state index in [-0.39, 0.29) is 40.7 Å². The van der Waals surface area contributed by atoms with Crippen LogP contribution in [0.1, 0.15) is 35.6 Å². The van der Waals surface area contributed by atoms with E-state index in [1.807, 2.05) is 0 Å². The highest BCUT2D eigenvalue weighted by Crippen LogP contribution is 2.48. The van der Waals surface area contributed by atoms with Crippen LogP contribution in [0.3, 0.4) is 0 Å². The van der Waals surface area contributed by atoms with Crippen molar-refractivity contribution in [2.45, 2.75) is 43.9 Å². The first-order valence-electron chi connectivity index (χ1n) is 9.64. The number of benzene rings is 1. The van der Waals surface area contributed by atoms with Gasteiger partial charge in [-0.05, 0) is 37.0 Å². The van der Waals surface area contributed by atoms with Crippen LogP contribution in [0.15, 0.2) is 41.6 Å². The first-order chi connectivity index (χ1) is 15.1. The highest BCUT2D eigenvalue weighted by molar-refractivity contribution is 5.88. The molecule has 0 saturated heterocycles. The summed E-state index contributed by atoms with van der Waals surface area (Å²) in [7, 11) is 0. The molecule has 10 heteroatoms.